The minimum atomic E-state index is -0.426. The molecule has 2 N–H and O–H groups in total. The zero-order valence-corrected chi connectivity index (χ0v) is 15.7. The molecule has 1 fully saturated rings. The predicted molar refractivity (Wildman–Crippen MR) is 107 cm³/mol. The summed E-state index contributed by atoms with van der Waals surface area (Å²) in [4.78, 5) is 39.8. The molecule has 0 aliphatic heterocycles. The first-order valence-corrected chi connectivity index (χ1v) is 10.1. The highest BCUT2D eigenvalue weighted by molar-refractivity contribution is 7.17. The summed E-state index contributed by atoms with van der Waals surface area (Å²) >= 11 is 1.31. The standard InChI is InChI=1S/C20H21N3O3S/c24-18(21-15-4-2-1-3-5-15)14-8-6-13(7-9-14)12-23-19(25)17-16(10-11-27-17)22-20(23)26/h6-11,15H,1-5,12H2,(H,21,24)(H,22,26). The average Bonchev–Trinajstić information content (AvgIpc) is 3.15. The second-order valence-electron chi connectivity index (χ2n) is 6.99. The molecule has 3 aromatic rings. The molecule has 0 saturated heterocycles. The molecular formula is C20H21N3O3S. The van der Waals surface area contributed by atoms with Gasteiger partial charge in [-0.3, -0.25) is 14.2 Å². The maximum absolute atomic E-state index is 12.5. The van der Waals surface area contributed by atoms with Gasteiger partial charge in [0, 0.05) is 11.6 Å². The quantitative estimate of drug-likeness (QED) is 0.727. The van der Waals surface area contributed by atoms with Gasteiger partial charge in [0.25, 0.3) is 11.5 Å². The second kappa shape index (κ2) is 7.52. The van der Waals surface area contributed by atoms with Gasteiger partial charge in [-0.2, -0.15) is 0 Å². The van der Waals surface area contributed by atoms with Crippen LogP contribution in [0.25, 0.3) is 10.2 Å². The molecule has 7 heteroatoms. The van der Waals surface area contributed by atoms with Crippen molar-refractivity contribution in [3.8, 4) is 0 Å². The molecule has 0 bridgehead atoms. The Hall–Kier alpha value is -2.67. The lowest BCUT2D eigenvalue weighted by Gasteiger charge is -2.22. The summed E-state index contributed by atoms with van der Waals surface area (Å²) in [5.41, 5.74) is 1.25. The van der Waals surface area contributed by atoms with Crippen LogP contribution in [0.4, 0.5) is 0 Å². The van der Waals surface area contributed by atoms with Gasteiger partial charge < -0.3 is 10.3 Å². The minimum absolute atomic E-state index is 0.0662. The van der Waals surface area contributed by atoms with Gasteiger partial charge in [-0.05, 0) is 42.0 Å². The van der Waals surface area contributed by atoms with Crippen LogP contribution in [0.3, 0.4) is 0 Å². The molecule has 6 nitrogen and oxygen atoms in total. The van der Waals surface area contributed by atoms with Gasteiger partial charge in [0.05, 0.1) is 12.1 Å². The molecule has 1 amide bonds. The summed E-state index contributed by atoms with van der Waals surface area (Å²) < 4.78 is 1.73. The predicted octanol–water partition coefficient (Wildman–Crippen LogP) is 2.86. The Labute approximate surface area is 159 Å². The number of rotatable bonds is 4. The number of aromatic nitrogens is 2. The molecule has 1 aliphatic carbocycles. The van der Waals surface area contributed by atoms with Crippen molar-refractivity contribution in [1.82, 2.24) is 14.9 Å². The number of hydrogen-bond acceptors (Lipinski definition) is 4. The Morgan fingerprint density at radius 2 is 1.85 bits per heavy atom. The molecule has 0 unspecified atom stereocenters. The van der Waals surface area contributed by atoms with E-state index < -0.39 is 5.69 Å². The van der Waals surface area contributed by atoms with E-state index in [0.29, 0.717) is 15.8 Å². The third-order valence-electron chi connectivity index (χ3n) is 5.09. The number of nitrogens with one attached hydrogen (secondary N) is 2. The fraction of sp³-hybridized carbons (Fsp3) is 0.350. The van der Waals surface area contributed by atoms with Gasteiger partial charge in [0.1, 0.15) is 4.70 Å². The molecule has 0 radical (unpaired) electrons. The van der Waals surface area contributed by atoms with Crippen molar-refractivity contribution in [3.05, 3.63) is 67.7 Å². The lowest BCUT2D eigenvalue weighted by molar-refractivity contribution is 0.0927. The van der Waals surface area contributed by atoms with Crippen LogP contribution < -0.4 is 16.6 Å². The van der Waals surface area contributed by atoms with Gasteiger partial charge in [-0.25, -0.2) is 4.79 Å². The van der Waals surface area contributed by atoms with Crippen molar-refractivity contribution in [3.63, 3.8) is 0 Å². The molecule has 1 aromatic carbocycles. The number of aromatic amines is 1. The number of fused-ring (bicyclic) bond motifs is 1. The van der Waals surface area contributed by atoms with Gasteiger partial charge in [0.15, 0.2) is 0 Å². The van der Waals surface area contributed by atoms with E-state index in [1.54, 1.807) is 35.7 Å². The van der Waals surface area contributed by atoms with Gasteiger partial charge >= 0.3 is 5.69 Å². The molecular weight excluding hydrogens is 362 g/mol. The summed E-state index contributed by atoms with van der Waals surface area (Å²) in [7, 11) is 0. The number of H-pyrrole nitrogens is 1. The minimum Gasteiger partial charge on any atom is -0.349 e. The molecule has 1 saturated carbocycles. The fourth-order valence-electron chi connectivity index (χ4n) is 3.57. The summed E-state index contributed by atoms with van der Waals surface area (Å²) in [5, 5.41) is 4.88. The molecule has 27 heavy (non-hydrogen) atoms. The smallest absolute Gasteiger partial charge is 0.329 e. The number of benzene rings is 1. The largest absolute Gasteiger partial charge is 0.349 e. The van der Waals surface area contributed by atoms with Crippen molar-refractivity contribution in [2.75, 3.05) is 0 Å². The maximum Gasteiger partial charge on any atom is 0.329 e. The molecule has 2 aromatic heterocycles. The molecule has 4 rings (SSSR count). The summed E-state index contributed by atoms with van der Waals surface area (Å²) in [5.74, 6) is -0.0662. The van der Waals surface area contributed by atoms with Crippen molar-refractivity contribution < 1.29 is 4.79 Å². The molecule has 0 atom stereocenters. The number of carbonyl (C=O) groups excluding carboxylic acids is 1. The summed E-state index contributed by atoms with van der Waals surface area (Å²) in [6.45, 7) is 0.173. The number of thiophene rings is 1. The van der Waals surface area contributed by atoms with Crippen molar-refractivity contribution in [2.45, 2.75) is 44.7 Å². The fourth-order valence-corrected chi connectivity index (χ4v) is 4.37. The highest BCUT2D eigenvalue weighted by atomic mass is 32.1. The normalized spacial score (nSPS) is 15.1. The molecule has 140 valence electrons. The van der Waals surface area contributed by atoms with Crippen LogP contribution in [0.15, 0.2) is 45.3 Å². The second-order valence-corrected chi connectivity index (χ2v) is 7.91. The zero-order valence-electron chi connectivity index (χ0n) is 14.9. The topological polar surface area (TPSA) is 84.0 Å². The highest BCUT2D eigenvalue weighted by Gasteiger charge is 2.16. The lowest BCUT2D eigenvalue weighted by atomic mass is 9.95. The van der Waals surface area contributed by atoms with E-state index in [1.807, 2.05) is 0 Å². The molecule has 1 aliphatic rings. The molecule has 0 spiro atoms. The van der Waals surface area contributed by atoms with Crippen LogP contribution in [0.1, 0.15) is 48.0 Å². The van der Waals surface area contributed by atoms with Gasteiger partial charge in [-0.15, -0.1) is 11.3 Å². The van der Waals surface area contributed by atoms with E-state index in [-0.39, 0.29) is 24.1 Å². The van der Waals surface area contributed by atoms with E-state index >= 15 is 0 Å². The third-order valence-corrected chi connectivity index (χ3v) is 5.99. The number of hydrogen-bond donors (Lipinski definition) is 2. The Morgan fingerprint density at radius 3 is 2.59 bits per heavy atom. The van der Waals surface area contributed by atoms with E-state index in [0.717, 1.165) is 18.4 Å². The Kier molecular flexibility index (Phi) is 4.94. The van der Waals surface area contributed by atoms with E-state index in [9.17, 15) is 14.4 Å². The van der Waals surface area contributed by atoms with E-state index in [2.05, 4.69) is 10.3 Å². The van der Waals surface area contributed by atoms with Crippen LogP contribution in [-0.4, -0.2) is 21.5 Å². The lowest BCUT2D eigenvalue weighted by Crippen LogP contribution is -2.36. The van der Waals surface area contributed by atoms with E-state index in [1.165, 1.54) is 35.2 Å². The first-order valence-electron chi connectivity index (χ1n) is 9.22. The third kappa shape index (κ3) is 3.73. The van der Waals surface area contributed by atoms with Crippen LogP contribution in [0, 0.1) is 0 Å². The van der Waals surface area contributed by atoms with Crippen LogP contribution in [-0.2, 0) is 6.54 Å². The Bertz CT molecular complexity index is 1070. The Balaban J connectivity index is 1.50. The Morgan fingerprint density at radius 1 is 1.11 bits per heavy atom. The van der Waals surface area contributed by atoms with Gasteiger partial charge in [0.2, 0.25) is 0 Å². The van der Waals surface area contributed by atoms with Crippen molar-refractivity contribution in [1.29, 1.82) is 0 Å². The van der Waals surface area contributed by atoms with E-state index in [4.69, 9.17) is 0 Å². The summed E-state index contributed by atoms with van der Waals surface area (Å²) in [6.07, 6.45) is 5.67. The van der Waals surface area contributed by atoms with Gasteiger partial charge in [-0.1, -0.05) is 31.4 Å². The van der Waals surface area contributed by atoms with Crippen LogP contribution >= 0.6 is 11.3 Å². The summed E-state index contributed by atoms with van der Waals surface area (Å²) in [6, 6.07) is 9.07. The maximum atomic E-state index is 12.5. The van der Waals surface area contributed by atoms with Crippen LogP contribution in [0.2, 0.25) is 0 Å². The SMILES string of the molecule is O=C(NC1CCCCC1)c1ccc(Cn2c(=O)[nH]c3ccsc3c2=O)cc1. The average molecular weight is 383 g/mol. The van der Waals surface area contributed by atoms with Crippen LogP contribution in [0.5, 0.6) is 0 Å². The first-order chi connectivity index (χ1) is 13.1. The monoisotopic (exact) mass is 383 g/mol. The van der Waals surface area contributed by atoms with Crippen molar-refractivity contribution in [2.24, 2.45) is 0 Å². The van der Waals surface area contributed by atoms with Crippen molar-refractivity contribution >= 4 is 27.5 Å². The number of carbonyl (C=O) groups is 1. The molecule has 2 heterocycles. The number of amides is 1. The number of nitrogens with zero attached hydrogens (tertiary/aromatic N) is 1. The zero-order chi connectivity index (χ0) is 18.8. The first kappa shape index (κ1) is 17.7. The highest BCUT2D eigenvalue weighted by Crippen LogP contribution is 2.18.